The number of rotatable bonds is 10. The minimum Gasteiger partial charge on any atom is -0.309 e. The van der Waals surface area contributed by atoms with Crippen LogP contribution in [0.5, 0.6) is 0 Å². The Labute approximate surface area is 480 Å². The van der Waals surface area contributed by atoms with Gasteiger partial charge in [0.25, 0.3) is 0 Å². The van der Waals surface area contributed by atoms with Gasteiger partial charge in [0, 0.05) is 65.6 Å². The molecule has 15 rings (SSSR count). The van der Waals surface area contributed by atoms with Crippen molar-refractivity contribution in [3.63, 3.8) is 0 Å². The molecule has 0 bridgehead atoms. The van der Waals surface area contributed by atoms with Crippen molar-refractivity contribution in [3.05, 3.63) is 253 Å². The van der Waals surface area contributed by atoms with E-state index in [0.29, 0.717) is 0 Å². The highest BCUT2D eigenvalue weighted by Gasteiger charge is 2.30. The lowest BCUT2D eigenvalue weighted by molar-refractivity contribution is 0.590. The van der Waals surface area contributed by atoms with Crippen LogP contribution in [-0.2, 0) is 23.7 Å². The third-order valence-electron chi connectivity index (χ3n) is 17.8. The van der Waals surface area contributed by atoms with Gasteiger partial charge in [-0.1, -0.05) is 201 Å². The van der Waals surface area contributed by atoms with Gasteiger partial charge in [0.15, 0.2) is 0 Å². The zero-order valence-corrected chi connectivity index (χ0v) is 48.1. The Kier molecular flexibility index (Phi) is 11.3. The SMILES string of the molecule is CCc1ccc(N(c2ccc(C(C)(C)C)cc2-c2ccccc2)c2ccc3c4cc5c(cc4n4c6ccccc6c2c34)c2ccc(N(c3ccc(CC)cc3)c3ccc(C(C)(C)C)cc3-c3ccccc3)c3c4ccccc4n5c23)cc1. The second-order valence-electron chi connectivity index (χ2n) is 24.7. The Bertz CT molecular complexity index is 4620. The molecule has 4 aromatic heterocycles. The summed E-state index contributed by atoms with van der Waals surface area (Å²) in [5, 5.41) is 9.97. The van der Waals surface area contributed by atoms with E-state index in [9.17, 15) is 0 Å². The molecule has 0 aliphatic heterocycles. The summed E-state index contributed by atoms with van der Waals surface area (Å²) in [7, 11) is 0. The molecule has 0 spiro atoms. The molecule has 0 N–H and O–H groups in total. The number of hydrogen-bond acceptors (Lipinski definition) is 2. The minimum atomic E-state index is -0.0305. The molecule has 11 aromatic carbocycles. The predicted octanol–water partition coefficient (Wildman–Crippen LogP) is 22.0. The third-order valence-corrected chi connectivity index (χ3v) is 17.8. The molecule has 0 unspecified atom stereocenters. The molecule has 4 heteroatoms. The molecule has 0 saturated heterocycles. The maximum Gasteiger partial charge on any atom is 0.0641 e. The van der Waals surface area contributed by atoms with Crippen LogP contribution in [0.15, 0.2) is 231 Å². The first-order valence-corrected chi connectivity index (χ1v) is 29.4. The highest BCUT2D eigenvalue weighted by atomic mass is 15.2. The molecule has 0 aliphatic rings. The lowest BCUT2D eigenvalue weighted by Crippen LogP contribution is -2.15. The predicted molar refractivity (Wildman–Crippen MR) is 352 cm³/mol. The molecule has 0 atom stereocenters. The molecule has 4 heterocycles. The quantitative estimate of drug-likeness (QED) is 0.136. The number of benzene rings is 11. The van der Waals surface area contributed by atoms with E-state index in [1.54, 1.807) is 0 Å². The number of nitrogens with zero attached hydrogens (tertiary/aromatic N) is 4. The van der Waals surface area contributed by atoms with Crippen LogP contribution in [0.4, 0.5) is 34.1 Å². The van der Waals surface area contributed by atoms with Crippen LogP contribution in [0.3, 0.4) is 0 Å². The molecule has 15 aromatic rings. The molecule has 398 valence electrons. The number of anilines is 6. The summed E-state index contributed by atoms with van der Waals surface area (Å²) in [6.07, 6.45) is 1.96. The number of aryl methyl sites for hydroxylation is 2. The fourth-order valence-electron chi connectivity index (χ4n) is 13.5. The van der Waals surface area contributed by atoms with Gasteiger partial charge in [0.05, 0.1) is 55.8 Å². The fourth-order valence-corrected chi connectivity index (χ4v) is 13.5. The molecule has 82 heavy (non-hydrogen) atoms. The number of para-hydroxylation sites is 2. The molecular formula is C78H66N4. The smallest absolute Gasteiger partial charge is 0.0641 e. The molecule has 0 fully saturated rings. The fraction of sp³-hybridized carbons (Fsp3) is 0.154. The summed E-state index contributed by atoms with van der Waals surface area (Å²) >= 11 is 0. The van der Waals surface area contributed by atoms with Crippen LogP contribution < -0.4 is 9.80 Å². The Morgan fingerprint density at radius 3 is 1.06 bits per heavy atom. The first-order valence-electron chi connectivity index (χ1n) is 29.4. The topological polar surface area (TPSA) is 15.3 Å². The average Bonchev–Trinajstić information content (AvgIpc) is 1.69. The van der Waals surface area contributed by atoms with E-state index in [2.05, 4.69) is 305 Å². The molecule has 0 saturated carbocycles. The van der Waals surface area contributed by atoms with E-state index in [0.717, 1.165) is 47.0 Å². The van der Waals surface area contributed by atoms with Gasteiger partial charge in [-0.15, -0.1) is 0 Å². The van der Waals surface area contributed by atoms with Crippen LogP contribution >= 0.6 is 0 Å². The highest BCUT2D eigenvalue weighted by Crippen LogP contribution is 2.53. The first-order chi connectivity index (χ1) is 39.9. The largest absolute Gasteiger partial charge is 0.309 e. The maximum atomic E-state index is 2.57. The van der Waals surface area contributed by atoms with Gasteiger partial charge in [-0.2, -0.15) is 0 Å². The summed E-state index contributed by atoms with van der Waals surface area (Å²) in [6.45, 7) is 18.3. The molecular weight excluding hydrogens is 993 g/mol. The van der Waals surface area contributed by atoms with Gasteiger partial charge in [-0.25, -0.2) is 0 Å². The zero-order valence-electron chi connectivity index (χ0n) is 48.1. The lowest BCUT2D eigenvalue weighted by atomic mass is 9.84. The highest BCUT2D eigenvalue weighted by molar-refractivity contribution is 6.32. The third kappa shape index (κ3) is 7.57. The summed E-state index contributed by atoms with van der Waals surface area (Å²) in [6, 6.07) is 87.4. The summed E-state index contributed by atoms with van der Waals surface area (Å²) < 4.78 is 5.15. The van der Waals surface area contributed by atoms with Crippen LogP contribution in [-0.4, -0.2) is 8.80 Å². The van der Waals surface area contributed by atoms with Crippen molar-refractivity contribution >= 4 is 110 Å². The van der Waals surface area contributed by atoms with Crippen LogP contribution in [0.2, 0.25) is 0 Å². The van der Waals surface area contributed by atoms with Crippen molar-refractivity contribution in [3.8, 4) is 22.3 Å². The van der Waals surface area contributed by atoms with E-state index >= 15 is 0 Å². The Morgan fingerprint density at radius 2 is 0.683 bits per heavy atom. The first kappa shape index (κ1) is 49.6. The van der Waals surface area contributed by atoms with Gasteiger partial charge in [0.2, 0.25) is 0 Å². The number of fused-ring (bicyclic) bond motifs is 12. The monoisotopic (exact) mass is 1060 g/mol. The van der Waals surface area contributed by atoms with E-state index in [1.807, 2.05) is 0 Å². The van der Waals surface area contributed by atoms with E-state index in [4.69, 9.17) is 0 Å². The Hall–Kier alpha value is -9.38. The molecule has 0 aliphatic carbocycles. The van der Waals surface area contributed by atoms with Crippen molar-refractivity contribution in [1.82, 2.24) is 8.80 Å². The van der Waals surface area contributed by atoms with Crippen molar-refractivity contribution in [2.45, 2.75) is 79.1 Å². The molecule has 0 radical (unpaired) electrons. The van der Waals surface area contributed by atoms with Gasteiger partial charge in [-0.05, 0) is 142 Å². The van der Waals surface area contributed by atoms with Crippen molar-refractivity contribution in [2.24, 2.45) is 0 Å². The van der Waals surface area contributed by atoms with E-state index in [-0.39, 0.29) is 10.8 Å². The van der Waals surface area contributed by atoms with Gasteiger partial charge in [-0.3, -0.25) is 0 Å². The number of hydrogen-bond donors (Lipinski definition) is 0. The van der Waals surface area contributed by atoms with Crippen molar-refractivity contribution < 1.29 is 0 Å². The van der Waals surface area contributed by atoms with Crippen LogP contribution in [0.1, 0.15) is 77.6 Å². The molecule has 4 nitrogen and oxygen atoms in total. The van der Waals surface area contributed by atoms with Gasteiger partial charge >= 0.3 is 0 Å². The standard InChI is InChI=1S/C78H66N4/c1-9-49-29-35-55(36-30-49)79(67-41-33-53(77(3,4)5)45-61(67)51-21-13-11-14-22-51)69-43-39-57-63-47-72-64(48-71(63)81-65-27-19-17-25-59(65)73(69)75(57)81)58-40-44-70(74-60-26-18-20-28-66(60)82(72)76(58)74)80(56-37-31-50(10-2)32-38-56)68-42-34-54(78(6,7)8)46-62(68)52-23-15-12-16-24-52/h11-48H,9-10H2,1-8H3. The normalized spacial score (nSPS) is 12.5. The van der Waals surface area contributed by atoms with E-state index < -0.39 is 0 Å². The van der Waals surface area contributed by atoms with Crippen molar-refractivity contribution in [2.75, 3.05) is 9.80 Å². The van der Waals surface area contributed by atoms with Crippen LogP contribution in [0, 0.1) is 0 Å². The molecule has 0 amide bonds. The Balaban J connectivity index is 1.00. The van der Waals surface area contributed by atoms with Gasteiger partial charge in [0.1, 0.15) is 0 Å². The van der Waals surface area contributed by atoms with Crippen LogP contribution in [0.25, 0.3) is 98.4 Å². The second kappa shape index (κ2) is 18.6. The summed E-state index contributed by atoms with van der Waals surface area (Å²) in [4.78, 5) is 5.07. The maximum absolute atomic E-state index is 2.57. The minimum absolute atomic E-state index is 0.0305. The summed E-state index contributed by atoms with van der Waals surface area (Å²) in [5.74, 6) is 0. The average molecular weight is 1060 g/mol. The van der Waals surface area contributed by atoms with Crippen molar-refractivity contribution in [1.29, 1.82) is 0 Å². The lowest BCUT2D eigenvalue weighted by Gasteiger charge is -2.30. The number of aromatic nitrogens is 2. The summed E-state index contributed by atoms with van der Waals surface area (Å²) in [5.41, 5.74) is 24.2. The zero-order chi connectivity index (χ0) is 55.8. The Morgan fingerprint density at radius 1 is 0.317 bits per heavy atom. The second-order valence-corrected chi connectivity index (χ2v) is 24.7. The van der Waals surface area contributed by atoms with E-state index in [1.165, 1.54) is 121 Å². The van der Waals surface area contributed by atoms with Gasteiger partial charge < -0.3 is 18.6 Å².